The SMILES string of the molecule is Cc1nn(C)c(C2(c3c(F)cc(F)cc3I)CC2)c1-c1c(F)cc(F)cc1Cl. The molecule has 0 spiro atoms. The van der Waals surface area contributed by atoms with E-state index >= 15 is 0 Å². The van der Waals surface area contributed by atoms with Gasteiger partial charge in [0.25, 0.3) is 0 Å². The van der Waals surface area contributed by atoms with Gasteiger partial charge in [-0.15, -0.1) is 0 Å². The summed E-state index contributed by atoms with van der Waals surface area (Å²) < 4.78 is 58.7. The van der Waals surface area contributed by atoms with Gasteiger partial charge in [0.1, 0.15) is 23.3 Å². The Morgan fingerprint density at radius 2 is 1.61 bits per heavy atom. The lowest BCUT2D eigenvalue weighted by Crippen LogP contribution is -2.19. The molecule has 1 aromatic heterocycles. The first-order valence-electron chi connectivity index (χ1n) is 8.49. The van der Waals surface area contributed by atoms with Gasteiger partial charge in [-0.2, -0.15) is 5.10 Å². The van der Waals surface area contributed by atoms with Crippen molar-refractivity contribution in [1.29, 1.82) is 0 Å². The molecular weight excluding hydrogens is 507 g/mol. The van der Waals surface area contributed by atoms with Gasteiger partial charge in [-0.3, -0.25) is 4.68 Å². The summed E-state index contributed by atoms with van der Waals surface area (Å²) in [5, 5.41) is 4.32. The lowest BCUT2D eigenvalue weighted by molar-refractivity contribution is 0.550. The molecule has 1 aliphatic rings. The summed E-state index contributed by atoms with van der Waals surface area (Å²) >= 11 is 8.09. The van der Waals surface area contributed by atoms with Crippen molar-refractivity contribution < 1.29 is 17.6 Å². The molecule has 0 N–H and O–H groups in total. The van der Waals surface area contributed by atoms with Gasteiger partial charge in [-0.1, -0.05) is 11.6 Å². The van der Waals surface area contributed by atoms with Crippen LogP contribution in [0.25, 0.3) is 11.1 Å². The van der Waals surface area contributed by atoms with Crippen molar-refractivity contribution in [2.24, 2.45) is 7.05 Å². The minimum atomic E-state index is -0.813. The average molecular weight is 521 g/mol. The van der Waals surface area contributed by atoms with Crippen LogP contribution in [-0.2, 0) is 12.5 Å². The highest BCUT2D eigenvalue weighted by atomic mass is 127. The van der Waals surface area contributed by atoms with Gasteiger partial charge in [0.15, 0.2) is 0 Å². The summed E-state index contributed by atoms with van der Waals surface area (Å²) in [6.45, 7) is 1.69. The molecule has 3 aromatic rings. The summed E-state index contributed by atoms with van der Waals surface area (Å²) in [6.07, 6.45) is 1.19. The Bertz CT molecular complexity index is 1080. The molecule has 1 saturated carbocycles. The molecule has 1 aliphatic carbocycles. The van der Waals surface area contributed by atoms with E-state index in [-0.39, 0.29) is 10.6 Å². The number of hydrogen-bond acceptors (Lipinski definition) is 1. The number of halogens is 6. The molecular formula is C20H14ClF4IN2. The van der Waals surface area contributed by atoms with Gasteiger partial charge in [-0.25, -0.2) is 17.6 Å². The Hall–Kier alpha value is -1.61. The zero-order chi connectivity index (χ0) is 20.4. The van der Waals surface area contributed by atoms with E-state index in [1.807, 2.05) is 22.6 Å². The molecule has 28 heavy (non-hydrogen) atoms. The molecule has 146 valence electrons. The number of nitrogens with zero attached hydrogens (tertiary/aromatic N) is 2. The highest BCUT2D eigenvalue weighted by Crippen LogP contribution is 2.58. The highest BCUT2D eigenvalue weighted by Gasteiger charge is 2.53. The third-order valence-electron chi connectivity index (χ3n) is 5.17. The van der Waals surface area contributed by atoms with Crippen LogP contribution in [0.2, 0.25) is 5.02 Å². The minimum Gasteiger partial charge on any atom is -0.271 e. The van der Waals surface area contributed by atoms with Crippen LogP contribution in [-0.4, -0.2) is 9.78 Å². The second-order valence-corrected chi connectivity index (χ2v) is 8.57. The zero-order valence-corrected chi connectivity index (χ0v) is 17.8. The number of benzene rings is 2. The first-order valence-corrected chi connectivity index (χ1v) is 9.95. The van der Waals surface area contributed by atoms with Crippen molar-refractivity contribution in [2.45, 2.75) is 25.2 Å². The van der Waals surface area contributed by atoms with Crippen LogP contribution >= 0.6 is 34.2 Å². The second kappa shape index (κ2) is 6.73. The number of hydrogen-bond donors (Lipinski definition) is 0. The Morgan fingerprint density at radius 3 is 2.18 bits per heavy atom. The fourth-order valence-electron chi connectivity index (χ4n) is 4.02. The van der Waals surface area contributed by atoms with Crippen molar-refractivity contribution in [3.63, 3.8) is 0 Å². The van der Waals surface area contributed by atoms with E-state index in [1.165, 1.54) is 6.07 Å². The fraction of sp³-hybridized carbons (Fsp3) is 0.250. The minimum absolute atomic E-state index is 0.0347. The Labute approximate surface area is 177 Å². The van der Waals surface area contributed by atoms with Gasteiger partial charge >= 0.3 is 0 Å². The third kappa shape index (κ3) is 2.94. The largest absolute Gasteiger partial charge is 0.271 e. The van der Waals surface area contributed by atoms with Crippen molar-refractivity contribution in [3.8, 4) is 11.1 Å². The Kier molecular flexibility index (Phi) is 4.73. The second-order valence-electron chi connectivity index (χ2n) is 7.00. The maximum absolute atomic E-state index is 14.8. The van der Waals surface area contributed by atoms with Crippen LogP contribution in [0.1, 0.15) is 29.8 Å². The van der Waals surface area contributed by atoms with E-state index in [9.17, 15) is 17.6 Å². The van der Waals surface area contributed by atoms with Crippen LogP contribution in [0.15, 0.2) is 24.3 Å². The fourth-order valence-corrected chi connectivity index (χ4v) is 5.38. The van der Waals surface area contributed by atoms with Crippen LogP contribution in [0.3, 0.4) is 0 Å². The topological polar surface area (TPSA) is 17.8 Å². The molecule has 4 rings (SSSR count). The van der Waals surface area contributed by atoms with Crippen LogP contribution in [0, 0.1) is 33.8 Å². The molecule has 1 heterocycles. The number of rotatable bonds is 3. The van der Waals surface area contributed by atoms with Crippen molar-refractivity contribution in [2.75, 3.05) is 0 Å². The van der Waals surface area contributed by atoms with Gasteiger partial charge in [0, 0.05) is 44.9 Å². The van der Waals surface area contributed by atoms with E-state index in [0.717, 1.165) is 18.2 Å². The van der Waals surface area contributed by atoms with Crippen LogP contribution < -0.4 is 0 Å². The van der Waals surface area contributed by atoms with Gasteiger partial charge < -0.3 is 0 Å². The molecule has 0 bridgehead atoms. The summed E-state index contributed by atoms with van der Waals surface area (Å²) in [5.74, 6) is -2.91. The van der Waals surface area contributed by atoms with E-state index in [4.69, 9.17) is 11.6 Å². The maximum Gasteiger partial charge on any atom is 0.135 e. The summed E-state index contributed by atoms with van der Waals surface area (Å²) in [4.78, 5) is 0. The smallest absolute Gasteiger partial charge is 0.135 e. The molecule has 8 heteroatoms. The van der Waals surface area contributed by atoms with Crippen LogP contribution in [0.4, 0.5) is 17.6 Å². The molecule has 1 fully saturated rings. The summed E-state index contributed by atoms with van der Waals surface area (Å²) in [5.41, 5.74) is 1.12. The van der Waals surface area contributed by atoms with Gasteiger partial charge in [0.2, 0.25) is 0 Å². The number of aromatic nitrogens is 2. The Balaban J connectivity index is 2.02. The van der Waals surface area contributed by atoms with E-state index in [0.29, 0.717) is 38.9 Å². The molecule has 0 saturated heterocycles. The van der Waals surface area contributed by atoms with E-state index in [1.54, 1.807) is 18.7 Å². The monoisotopic (exact) mass is 520 g/mol. The maximum atomic E-state index is 14.8. The third-order valence-corrected chi connectivity index (χ3v) is 6.32. The van der Waals surface area contributed by atoms with E-state index in [2.05, 4.69) is 5.10 Å². The van der Waals surface area contributed by atoms with E-state index < -0.39 is 28.7 Å². The quantitative estimate of drug-likeness (QED) is 0.293. The van der Waals surface area contributed by atoms with Gasteiger partial charge in [-0.05, 0) is 54.5 Å². The first-order chi connectivity index (χ1) is 13.2. The summed E-state index contributed by atoms with van der Waals surface area (Å²) in [7, 11) is 1.69. The Morgan fingerprint density at radius 1 is 1.00 bits per heavy atom. The average Bonchev–Trinajstić information content (AvgIpc) is 3.26. The molecule has 2 nitrogen and oxygen atoms in total. The normalized spacial score (nSPS) is 15.1. The molecule has 0 unspecified atom stereocenters. The van der Waals surface area contributed by atoms with Crippen molar-refractivity contribution >= 4 is 34.2 Å². The molecule has 0 atom stereocenters. The zero-order valence-electron chi connectivity index (χ0n) is 14.9. The highest BCUT2D eigenvalue weighted by molar-refractivity contribution is 14.1. The lowest BCUT2D eigenvalue weighted by Gasteiger charge is -2.22. The van der Waals surface area contributed by atoms with Crippen molar-refractivity contribution in [3.05, 3.63) is 73.1 Å². The summed E-state index contributed by atoms with van der Waals surface area (Å²) in [6, 6.07) is 3.93. The molecule has 0 radical (unpaired) electrons. The molecule has 2 aromatic carbocycles. The van der Waals surface area contributed by atoms with Crippen LogP contribution in [0.5, 0.6) is 0 Å². The standard InChI is InChI=1S/C20H14ClF4IN2/c1-9-16(17-12(21)5-10(22)6-13(17)24)19(28(2)27-9)20(3-4-20)18-14(25)7-11(23)8-15(18)26/h5-8H,3-4H2,1-2H3. The number of aryl methyl sites for hydroxylation is 2. The first kappa shape index (κ1) is 19.7. The molecule has 0 amide bonds. The predicted octanol–water partition coefficient (Wildman–Crippen LogP) is 6.29. The lowest BCUT2D eigenvalue weighted by atomic mass is 9.86. The van der Waals surface area contributed by atoms with Crippen molar-refractivity contribution in [1.82, 2.24) is 9.78 Å². The predicted molar refractivity (Wildman–Crippen MR) is 107 cm³/mol. The molecule has 0 aliphatic heterocycles. The van der Waals surface area contributed by atoms with Gasteiger partial charge in [0.05, 0.1) is 16.4 Å².